The Bertz CT molecular complexity index is 542. The highest BCUT2D eigenvalue weighted by Crippen LogP contribution is 2.33. The van der Waals surface area contributed by atoms with Crippen molar-refractivity contribution < 1.29 is 9.90 Å². The van der Waals surface area contributed by atoms with Crippen molar-refractivity contribution in [2.75, 3.05) is 0 Å². The highest BCUT2D eigenvalue weighted by atomic mass is 16.4. The third-order valence-corrected chi connectivity index (χ3v) is 4.10. The van der Waals surface area contributed by atoms with E-state index >= 15 is 0 Å². The number of carbonyl (C=O) groups is 1. The summed E-state index contributed by atoms with van der Waals surface area (Å²) in [6, 6.07) is 20.5. The molecule has 0 radical (unpaired) electrons. The maximum atomic E-state index is 10.2. The quantitative estimate of drug-likeness (QED) is 0.857. The summed E-state index contributed by atoms with van der Waals surface area (Å²) in [5.74, 6) is 0.130. The summed E-state index contributed by atoms with van der Waals surface area (Å²) in [5, 5.41) is 8.37. The minimum absolute atomic E-state index is 0.212. The molecule has 0 atom stereocenters. The molecule has 0 aromatic heterocycles. The van der Waals surface area contributed by atoms with Crippen LogP contribution in [0.3, 0.4) is 0 Å². The molecule has 1 aliphatic carbocycles. The predicted molar refractivity (Wildman–Crippen MR) is 90.0 cm³/mol. The Morgan fingerprint density at radius 3 is 2.00 bits per heavy atom. The molecule has 3 rings (SSSR count). The molecule has 1 fully saturated rings. The second kappa shape index (κ2) is 9.04. The number of carboxylic acids is 1. The van der Waals surface area contributed by atoms with E-state index in [4.69, 9.17) is 5.11 Å². The van der Waals surface area contributed by atoms with Gasteiger partial charge in [0.2, 0.25) is 0 Å². The standard InChI is InChI=1S/C11H14.C9H10O2/c1-2-6-10(7-3-1)11-8-4-5-9-11;10-9(11)7-6-8-4-2-1-3-5-8/h1-3,6-7,11H,4-5,8-9H2;1-5H,6-7H2,(H,10,11). The van der Waals surface area contributed by atoms with Crippen LogP contribution in [0.4, 0.5) is 0 Å². The number of carboxylic acid groups (broad SMARTS) is 1. The first-order chi connectivity index (χ1) is 10.8. The highest BCUT2D eigenvalue weighted by molar-refractivity contribution is 5.67. The van der Waals surface area contributed by atoms with Gasteiger partial charge in [-0.15, -0.1) is 0 Å². The van der Waals surface area contributed by atoms with Gasteiger partial charge in [0, 0.05) is 6.42 Å². The monoisotopic (exact) mass is 296 g/mol. The molecule has 0 heterocycles. The zero-order valence-electron chi connectivity index (χ0n) is 12.9. The summed E-state index contributed by atoms with van der Waals surface area (Å²) in [6.07, 6.45) is 6.51. The number of hydrogen-bond acceptors (Lipinski definition) is 1. The third-order valence-electron chi connectivity index (χ3n) is 4.10. The Morgan fingerprint density at radius 1 is 0.909 bits per heavy atom. The second-order valence-corrected chi connectivity index (χ2v) is 5.77. The van der Waals surface area contributed by atoms with Crippen molar-refractivity contribution in [2.24, 2.45) is 0 Å². The zero-order valence-corrected chi connectivity index (χ0v) is 12.9. The molecular formula is C20H24O2. The van der Waals surface area contributed by atoms with Gasteiger partial charge < -0.3 is 5.11 Å². The summed E-state index contributed by atoms with van der Waals surface area (Å²) in [5.41, 5.74) is 2.62. The Morgan fingerprint density at radius 2 is 1.45 bits per heavy atom. The van der Waals surface area contributed by atoms with Crippen molar-refractivity contribution in [2.45, 2.75) is 44.4 Å². The van der Waals surface area contributed by atoms with Gasteiger partial charge in [0.25, 0.3) is 0 Å². The summed E-state index contributed by atoms with van der Waals surface area (Å²) < 4.78 is 0. The Kier molecular flexibility index (Phi) is 6.69. The molecule has 0 bridgehead atoms. The van der Waals surface area contributed by atoms with Crippen molar-refractivity contribution in [1.82, 2.24) is 0 Å². The van der Waals surface area contributed by atoms with E-state index in [1.54, 1.807) is 5.56 Å². The fourth-order valence-corrected chi connectivity index (χ4v) is 2.88. The smallest absolute Gasteiger partial charge is 0.303 e. The minimum atomic E-state index is -0.742. The average Bonchev–Trinajstić information content (AvgIpc) is 3.10. The van der Waals surface area contributed by atoms with E-state index < -0.39 is 5.97 Å². The third kappa shape index (κ3) is 5.72. The molecule has 2 aromatic carbocycles. The first-order valence-corrected chi connectivity index (χ1v) is 8.06. The number of hydrogen-bond donors (Lipinski definition) is 1. The molecule has 116 valence electrons. The molecule has 0 amide bonds. The normalized spacial score (nSPS) is 14.2. The van der Waals surface area contributed by atoms with Gasteiger partial charge >= 0.3 is 5.97 Å². The Hall–Kier alpha value is -2.09. The molecule has 2 nitrogen and oxygen atoms in total. The van der Waals surface area contributed by atoms with Crippen molar-refractivity contribution >= 4 is 5.97 Å². The van der Waals surface area contributed by atoms with Crippen LogP contribution < -0.4 is 0 Å². The topological polar surface area (TPSA) is 37.3 Å². The second-order valence-electron chi connectivity index (χ2n) is 5.77. The van der Waals surface area contributed by atoms with E-state index in [1.165, 1.54) is 25.7 Å². The minimum Gasteiger partial charge on any atom is -0.481 e. The van der Waals surface area contributed by atoms with E-state index in [9.17, 15) is 4.79 Å². The van der Waals surface area contributed by atoms with Gasteiger partial charge in [-0.25, -0.2) is 0 Å². The van der Waals surface area contributed by atoms with Crippen LogP contribution in [0.25, 0.3) is 0 Å². The lowest BCUT2D eigenvalue weighted by Crippen LogP contribution is -1.96. The predicted octanol–water partition coefficient (Wildman–Crippen LogP) is 5.05. The zero-order chi connectivity index (χ0) is 15.6. The van der Waals surface area contributed by atoms with Crippen molar-refractivity contribution in [3.8, 4) is 0 Å². The van der Waals surface area contributed by atoms with Gasteiger partial charge in [-0.2, -0.15) is 0 Å². The summed E-state index contributed by atoms with van der Waals surface area (Å²) in [4.78, 5) is 10.2. The van der Waals surface area contributed by atoms with Gasteiger partial charge in [0.15, 0.2) is 0 Å². The van der Waals surface area contributed by atoms with E-state index in [0.29, 0.717) is 6.42 Å². The molecule has 0 saturated heterocycles. The Balaban J connectivity index is 0.000000160. The van der Waals surface area contributed by atoms with Gasteiger partial charge in [0.05, 0.1) is 0 Å². The number of aliphatic carboxylic acids is 1. The number of aryl methyl sites for hydroxylation is 1. The van der Waals surface area contributed by atoms with E-state index in [-0.39, 0.29) is 6.42 Å². The summed E-state index contributed by atoms with van der Waals surface area (Å²) in [7, 11) is 0. The molecule has 0 unspecified atom stereocenters. The largest absolute Gasteiger partial charge is 0.481 e. The van der Waals surface area contributed by atoms with Crippen LogP contribution in [0.1, 0.15) is 49.1 Å². The Labute approximate surface area is 132 Å². The van der Waals surface area contributed by atoms with E-state index in [0.717, 1.165) is 11.5 Å². The first-order valence-electron chi connectivity index (χ1n) is 8.06. The summed E-state index contributed by atoms with van der Waals surface area (Å²) >= 11 is 0. The molecule has 1 N–H and O–H groups in total. The van der Waals surface area contributed by atoms with Crippen LogP contribution in [-0.4, -0.2) is 11.1 Å². The number of rotatable bonds is 4. The van der Waals surface area contributed by atoms with Crippen molar-refractivity contribution in [3.63, 3.8) is 0 Å². The molecule has 2 aromatic rings. The van der Waals surface area contributed by atoms with Gasteiger partial charge in [-0.05, 0) is 36.3 Å². The maximum absolute atomic E-state index is 10.2. The van der Waals surface area contributed by atoms with Crippen molar-refractivity contribution in [3.05, 3.63) is 71.8 Å². The molecule has 0 spiro atoms. The van der Waals surface area contributed by atoms with Crippen LogP contribution in [-0.2, 0) is 11.2 Å². The van der Waals surface area contributed by atoms with Gasteiger partial charge in [0.1, 0.15) is 0 Å². The lowest BCUT2D eigenvalue weighted by atomic mass is 9.98. The number of benzene rings is 2. The van der Waals surface area contributed by atoms with E-state index in [1.807, 2.05) is 30.3 Å². The maximum Gasteiger partial charge on any atom is 0.303 e. The van der Waals surface area contributed by atoms with Gasteiger partial charge in [-0.1, -0.05) is 73.5 Å². The molecular weight excluding hydrogens is 272 g/mol. The molecule has 1 saturated carbocycles. The SMILES string of the molecule is O=C(O)CCc1ccccc1.c1ccc(C2CCCC2)cc1. The van der Waals surface area contributed by atoms with Crippen LogP contribution in [0.15, 0.2) is 60.7 Å². The summed E-state index contributed by atoms with van der Waals surface area (Å²) in [6.45, 7) is 0. The fourth-order valence-electron chi connectivity index (χ4n) is 2.88. The molecule has 0 aliphatic heterocycles. The van der Waals surface area contributed by atoms with Gasteiger partial charge in [-0.3, -0.25) is 4.79 Å². The van der Waals surface area contributed by atoms with Crippen LogP contribution >= 0.6 is 0 Å². The molecule has 2 heteroatoms. The van der Waals surface area contributed by atoms with Crippen LogP contribution in [0, 0.1) is 0 Å². The average molecular weight is 296 g/mol. The first kappa shape index (κ1) is 16.3. The van der Waals surface area contributed by atoms with E-state index in [2.05, 4.69) is 30.3 Å². The highest BCUT2D eigenvalue weighted by Gasteiger charge is 2.15. The molecule has 1 aliphatic rings. The molecule has 22 heavy (non-hydrogen) atoms. The fraction of sp³-hybridized carbons (Fsp3) is 0.350. The lowest BCUT2D eigenvalue weighted by Gasteiger charge is -2.07. The van der Waals surface area contributed by atoms with Crippen LogP contribution in [0.5, 0.6) is 0 Å². The lowest BCUT2D eigenvalue weighted by molar-refractivity contribution is -0.136. The van der Waals surface area contributed by atoms with Crippen LogP contribution in [0.2, 0.25) is 0 Å². The van der Waals surface area contributed by atoms with Crippen molar-refractivity contribution in [1.29, 1.82) is 0 Å².